The van der Waals surface area contributed by atoms with Crippen LogP contribution < -0.4 is 0 Å². The first-order chi connectivity index (χ1) is 6.33. The van der Waals surface area contributed by atoms with Crippen LogP contribution in [0.2, 0.25) is 19.6 Å². The molecule has 0 radical (unpaired) electrons. The van der Waals surface area contributed by atoms with Crippen molar-refractivity contribution < 1.29 is 4.74 Å². The number of nitrogens with zero attached hydrogens (tertiary/aromatic N) is 1. The summed E-state index contributed by atoms with van der Waals surface area (Å²) >= 11 is 0. The Morgan fingerprint density at radius 3 is 2.43 bits per heavy atom. The van der Waals surface area contributed by atoms with Crippen molar-refractivity contribution in [3.05, 3.63) is 12.2 Å². The Bertz CT molecular complexity index is 239. The minimum Gasteiger partial charge on any atom is -0.377 e. The van der Waals surface area contributed by atoms with Gasteiger partial charge in [-0.2, -0.15) is 0 Å². The molecular weight excluding hydrogens is 190 g/mol. The standard InChI is InChI=1S/C11H21NOSi/c1-11(2,14(3,4)5)13-9-10-7-6-8-12-10/h6-8,10H,9H2,1-5H3. The maximum atomic E-state index is 5.97. The predicted molar refractivity (Wildman–Crippen MR) is 64.8 cm³/mol. The van der Waals surface area contributed by atoms with Gasteiger partial charge in [-0.3, -0.25) is 4.99 Å². The lowest BCUT2D eigenvalue weighted by Crippen LogP contribution is -2.50. The molecule has 0 aromatic carbocycles. The Balaban J connectivity index is 2.44. The number of allylic oxidation sites excluding steroid dienone is 1. The summed E-state index contributed by atoms with van der Waals surface area (Å²) in [6, 6.07) is 0.241. The van der Waals surface area contributed by atoms with Crippen molar-refractivity contribution in [1.82, 2.24) is 0 Å². The van der Waals surface area contributed by atoms with Crippen LogP contribution in [0.15, 0.2) is 17.1 Å². The third-order valence-electron chi connectivity index (χ3n) is 3.12. The Morgan fingerprint density at radius 1 is 1.36 bits per heavy atom. The molecule has 0 spiro atoms. The molecule has 0 N–H and O–H groups in total. The summed E-state index contributed by atoms with van der Waals surface area (Å²) in [7, 11) is -1.25. The zero-order valence-electron chi connectivity index (χ0n) is 9.87. The van der Waals surface area contributed by atoms with E-state index in [0.717, 1.165) is 0 Å². The summed E-state index contributed by atoms with van der Waals surface area (Å²) in [5, 5.41) is 0.0267. The van der Waals surface area contributed by atoms with Gasteiger partial charge in [0, 0.05) is 6.21 Å². The van der Waals surface area contributed by atoms with Crippen molar-refractivity contribution in [2.24, 2.45) is 4.99 Å². The first-order valence-electron chi connectivity index (χ1n) is 5.17. The number of hydrogen-bond donors (Lipinski definition) is 0. The minimum absolute atomic E-state index is 0.0267. The Kier molecular flexibility index (Phi) is 3.32. The first-order valence-corrected chi connectivity index (χ1v) is 8.67. The highest BCUT2D eigenvalue weighted by Gasteiger charge is 2.35. The highest BCUT2D eigenvalue weighted by molar-refractivity contribution is 6.78. The molecular formula is C11H21NOSi. The van der Waals surface area contributed by atoms with Gasteiger partial charge >= 0.3 is 0 Å². The first kappa shape index (κ1) is 11.7. The molecule has 2 nitrogen and oxygen atoms in total. The summed E-state index contributed by atoms with van der Waals surface area (Å²) in [6.45, 7) is 12.1. The molecule has 0 saturated carbocycles. The van der Waals surface area contributed by atoms with Crippen LogP contribution in [0.1, 0.15) is 13.8 Å². The lowest BCUT2D eigenvalue weighted by atomic mass is 10.3. The van der Waals surface area contributed by atoms with Gasteiger partial charge in [-0.25, -0.2) is 0 Å². The van der Waals surface area contributed by atoms with Crippen molar-refractivity contribution in [1.29, 1.82) is 0 Å². The normalized spacial score (nSPS) is 21.9. The summed E-state index contributed by atoms with van der Waals surface area (Å²) in [4.78, 5) is 4.28. The van der Waals surface area contributed by atoms with E-state index in [1.54, 1.807) is 0 Å². The topological polar surface area (TPSA) is 21.6 Å². The van der Waals surface area contributed by atoms with Crippen LogP contribution in [-0.4, -0.2) is 32.2 Å². The SMILES string of the molecule is CC(C)(OCC1C=CC=N1)[Si](C)(C)C. The molecule has 0 aliphatic carbocycles. The molecule has 1 unspecified atom stereocenters. The van der Waals surface area contributed by atoms with Crippen molar-refractivity contribution >= 4 is 14.3 Å². The van der Waals surface area contributed by atoms with Crippen molar-refractivity contribution in [3.8, 4) is 0 Å². The zero-order chi connectivity index (χ0) is 10.8. The fourth-order valence-electron chi connectivity index (χ4n) is 0.997. The third kappa shape index (κ3) is 2.79. The lowest BCUT2D eigenvalue weighted by molar-refractivity contribution is 0.0347. The van der Waals surface area contributed by atoms with Crippen LogP contribution in [0.25, 0.3) is 0 Å². The molecule has 0 amide bonds. The van der Waals surface area contributed by atoms with Gasteiger partial charge in [-0.1, -0.05) is 25.7 Å². The quantitative estimate of drug-likeness (QED) is 0.655. The van der Waals surface area contributed by atoms with Crippen LogP contribution in [0.3, 0.4) is 0 Å². The fourth-order valence-corrected chi connectivity index (χ4v) is 1.51. The molecule has 0 saturated heterocycles. The molecule has 1 aliphatic rings. The van der Waals surface area contributed by atoms with Crippen LogP contribution in [-0.2, 0) is 4.74 Å². The molecule has 1 rings (SSSR count). The summed E-state index contributed by atoms with van der Waals surface area (Å²) in [5.41, 5.74) is 0. The van der Waals surface area contributed by atoms with E-state index in [1.165, 1.54) is 0 Å². The van der Waals surface area contributed by atoms with Crippen LogP contribution >= 0.6 is 0 Å². The molecule has 3 heteroatoms. The van der Waals surface area contributed by atoms with E-state index in [0.29, 0.717) is 6.61 Å². The maximum Gasteiger partial charge on any atom is 0.0917 e. The third-order valence-corrected chi connectivity index (χ3v) is 6.87. The molecule has 1 heterocycles. The average Bonchev–Trinajstić information content (AvgIpc) is 2.50. The second kappa shape index (κ2) is 3.99. The monoisotopic (exact) mass is 211 g/mol. The summed E-state index contributed by atoms with van der Waals surface area (Å²) in [5.74, 6) is 0. The van der Waals surface area contributed by atoms with Crippen LogP contribution in [0, 0.1) is 0 Å². The summed E-state index contributed by atoms with van der Waals surface area (Å²) in [6.07, 6.45) is 5.91. The fraction of sp³-hybridized carbons (Fsp3) is 0.727. The van der Waals surface area contributed by atoms with Crippen LogP contribution in [0.4, 0.5) is 0 Å². The van der Waals surface area contributed by atoms with E-state index in [1.807, 2.05) is 12.3 Å². The average molecular weight is 211 g/mol. The van der Waals surface area contributed by atoms with Gasteiger partial charge < -0.3 is 4.74 Å². The highest BCUT2D eigenvalue weighted by atomic mass is 28.3. The van der Waals surface area contributed by atoms with Gasteiger partial charge in [0.15, 0.2) is 0 Å². The molecule has 80 valence electrons. The molecule has 0 bridgehead atoms. The van der Waals surface area contributed by atoms with E-state index in [9.17, 15) is 0 Å². The molecule has 1 aliphatic heterocycles. The predicted octanol–water partition coefficient (Wildman–Crippen LogP) is 2.67. The smallest absolute Gasteiger partial charge is 0.0917 e. The van der Waals surface area contributed by atoms with Gasteiger partial charge in [0.25, 0.3) is 0 Å². The highest BCUT2D eigenvalue weighted by Crippen LogP contribution is 2.24. The summed E-state index contributed by atoms with van der Waals surface area (Å²) < 4.78 is 5.97. The van der Waals surface area contributed by atoms with Crippen molar-refractivity contribution in [2.45, 2.75) is 44.8 Å². The van der Waals surface area contributed by atoms with E-state index < -0.39 is 8.07 Å². The number of rotatable bonds is 4. The van der Waals surface area contributed by atoms with E-state index in [-0.39, 0.29) is 11.3 Å². The van der Waals surface area contributed by atoms with Crippen LogP contribution in [0.5, 0.6) is 0 Å². The number of hydrogen-bond acceptors (Lipinski definition) is 2. The zero-order valence-corrected chi connectivity index (χ0v) is 10.9. The second-order valence-electron chi connectivity index (χ2n) is 5.32. The minimum atomic E-state index is -1.25. The Morgan fingerprint density at radius 2 is 2.00 bits per heavy atom. The lowest BCUT2D eigenvalue weighted by Gasteiger charge is -2.37. The van der Waals surface area contributed by atoms with Gasteiger partial charge in [0.1, 0.15) is 0 Å². The van der Waals surface area contributed by atoms with Gasteiger partial charge in [-0.15, -0.1) is 0 Å². The van der Waals surface area contributed by atoms with Gasteiger partial charge in [-0.05, 0) is 19.9 Å². The van der Waals surface area contributed by atoms with Gasteiger partial charge in [0.05, 0.1) is 25.9 Å². The second-order valence-corrected chi connectivity index (χ2v) is 11.0. The van der Waals surface area contributed by atoms with Crippen molar-refractivity contribution in [2.75, 3.05) is 6.61 Å². The number of ether oxygens (including phenoxy) is 1. The largest absolute Gasteiger partial charge is 0.377 e. The molecule has 14 heavy (non-hydrogen) atoms. The molecule has 0 aromatic rings. The molecule has 0 aromatic heterocycles. The molecule has 0 fully saturated rings. The Hall–Kier alpha value is -0.413. The Labute approximate surface area is 88.1 Å². The van der Waals surface area contributed by atoms with E-state index in [4.69, 9.17) is 4.74 Å². The maximum absolute atomic E-state index is 5.97. The van der Waals surface area contributed by atoms with Crippen molar-refractivity contribution in [3.63, 3.8) is 0 Å². The molecule has 1 atom stereocenters. The van der Waals surface area contributed by atoms with E-state index >= 15 is 0 Å². The van der Waals surface area contributed by atoms with Gasteiger partial charge in [0.2, 0.25) is 0 Å². The van der Waals surface area contributed by atoms with E-state index in [2.05, 4.69) is 44.6 Å². The number of aliphatic imine (C=N–C) groups is 1.